The molecule has 0 radical (unpaired) electrons. The highest BCUT2D eigenvalue weighted by Gasteiger charge is 2.36. The first-order valence-corrected chi connectivity index (χ1v) is 13.5. The molecule has 0 saturated carbocycles. The number of hydrogen-bond acceptors (Lipinski definition) is 7. The van der Waals surface area contributed by atoms with Crippen LogP contribution in [0.1, 0.15) is 17.0 Å². The Bertz CT molecular complexity index is 1440. The van der Waals surface area contributed by atoms with Gasteiger partial charge in [-0.15, -0.1) is 0 Å². The van der Waals surface area contributed by atoms with E-state index in [4.69, 9.17) is 9.47 Å². The first kappa shape index (κ1) is 26.6. The summed E-state index contributed by atoms with van der Waals surface area (Å²) in [4.78, 5) is 42.2. The van der Waals surface area contributed by atoms with Crippen LogP contribution in [0.3, 0.4) is 0 Å². The summed E-state index contributed by atoms with van der Waals surface area (Å²) in [5.41, 5.74) is 5.24. The summed E-state index contributed by atoms with van der Waals surface area (Å²) in [6, 6.07) is 17.2. The van der Waals surface area contributed by atoms with Crippen LogP contribution in [-0.2, 0) is 14.3 Å². The second kappa shape index (κ2) is 11.4. The summed E-state index contributed by atoms with van der Waals surface area (Å²) >= 11 is 0.846. The summed E-state index contributed by atoms with van der Waals surface area (Å²) < 4.78 is 12.8. The number of nitrogens with zero attached hydrogens (tertiary/aromatic N) is 3. The molecule has 1 N–H and O–H groups in total. The molecule has 3 amide bonds. The summed E-state index contributed by atoms with van der Waals surface area (Å²) in [7, 11) is 1.63. The van der Waals surface area contributed by atoms with Crippen LogP contribution < -0.4 is 15.0 Å². The highest BCUT2D eigenvalue weighted by molar-refractivity contribution is 8.18. The fraction of sp³-hybridized carbons (Fsp3) is 0.276. The number of anilines is 2. The minimum absolute atomic E-state index is 0.288. The Balaban J connectivity index is 1.30. The second-order valence-corrected chi connectivity index (χ2v) is 10.3. The number of benzene rings is 2. The molecular formula is C29H30N4O5S. The van der Waals surface area contributed by atoms with Gasteiger partial charge < -0.3 is 24.3 Å². The number of morpholine rings is 1. The van der Waals surface area contributed by atoms with E-state index in [1.807, 2.05) is 68.4 Å². The average Bonchev–Trinajstić information content (AvgIpc) is 3.37. The average molecular weight is 547 g/mol. The Labute approximate surface area is 231 Å². The van der Waals surface area contributed by atoms with Gasteiger partial charge in [-0.1, -0.05) is 12.1 Å². The van der Waals surface area contributed by atoms with Crippen LogP contribution in [0.15, 0.2) is 59.5 Å². The lowest BCUT2D eigenvalue weighted by molar-refractivity contribution is -0.127. The number of methoxy groups -OCH3 is 1. The molecule has 202 valence electrons. The highest BCUT2D eigenvalue weighted by Crippen LogP contribution is 2.34. The van der Waals surface area contributed by atoms with Gasteiger partial charge in [-0.25, -0.2) is 0 Å². The predicted octanol–water partition coefficient (Wildman–Crippen LogP) is 4.61. The van der Waals surface area contributed by atoms with E-state index in [1.165, 1.54) is 0 Å². The van der Waals surface area contributed by atoms with Crippen LogP contribution >= 0.6 is 11.8 Å². The first-order valence-electron chi connectivity index (χ1n) is 12.7. The Morgan fingerprint density at radius 2 is 1.79 bits per heavy atom. The predicted molar refractivity (Wildman–Crippen MR) is 153 cm³/mol. The lowest BCUT2D eigenvalue weighted by Gasteiger charge is -2.30. The van der Waals surface area contributed by atoms with Crippen LogP contribution in [0.5, 0.6) is 5.75 Å². The van der Waals surface area contributed by atoms with Crippen molar-refractivity contribution in [2.24, 2.45) is 0 Å². The van der Waals surface area contributed by atoms with E-state index in [0.717, 1.165) is 63.8 Å². The van der Waals surface area contributed by atoms with E-state index < -0.39 is 17.1 Å². The number of ether oxygens (including phenoxy) is 2. The maximum Gasteiger partial charge on any atom is 0.294 e. The van der Waals surface area contributed by atoms with Crippen LogP contribution in [0, 0.1) is 13.8 Å². The summed E-state index contributed by atoms with van der Waals surface area (Å²) in [5, 5.41) is 2.41. The summed E-state index contributed by atoms with van der Waals surface area (Å²) in [6.07, 6.45) is 1.72. The highest BCUT2D eigenvalue weighted by atomic mass is 32.2. The number of thioether (sulfide) groups is 1. The molecule has 5 rings (SSSR count). The lowest BCUT2D eigenvalue weighted by atomic mass is 10.2. The number of imide groups is 1. The smallest absolute Gasteiger partial charge is 0.294 e. The Hall–Kier alpha value is -4.02. The lowest BCUT2D eigenvalue weighted by Crippen LogP contribution is -2.38. The third kappa shape index (κ3) is 5.57. The van der Waals surface area contributed by atoms with Gasteiger partial charge >= 0.3 is 0 Å². The molecule has 10 heteroatoms. The zero-order chi connectivity index (χ0) is 27.5. The van der Waals surface area contributed by atoms with E-state index in [0.29, 0.717) is 18.9 Å². The fourth-order valence-electron chi connectivity index (χ4n) is 4.83. The molecule has 0 unspecified atom stereocenters. The van der Waals surface area contributed by atoms with E-state index >= 15 is 0 Å². The Morgan fingerprint density at radius 3 is 2.51 bits per heavy atom. The maximum absolute atomic E-state index is 13.2. The molecule has 1 aromatic heterocycles. The molecule has 3 heterocycles. The van der Waals surface area contributed by atoms with E-state index in [-0.39, 0.29) is 11.4 Å². The van der Waals surface area contributed by atoms with Crippen molar-refractivity contribution >= 4 is 46.3 Å². The molecule has 3 aromatic rings. The van der Waals surface area contributed by atoms with Crippen LogP contribution in [-0.4, -0.2) is 66.5 Å². The molecule has 2 aromatic carbocycles. The Morgan fingerprint density at radius 1 is 1.08 bits per heavy atom. The zero-order valence-corrected chi connectivity index (χ0v) is 22.9. The molecule has 0 aliphatic carbocycles. The van der Waals surface area contributed by atoms with Crippen LogP contribution in [0.4, 0.5) is 16.2 Å². The number of aryl methyl sites for hydroxylation is 1. The SMILES string of the molecule is COc1ccc(-n2c(C)cc(/C=C3\SC(=O)N(CC(=O)Nc4ccccc4N4CCOCC4)C3=O)c2C)cc1. The van der Waals surface area contributed by atoms with Crippen molar-refractivity contribution in [2.45, 2.75) is 13.8 Å². The van der Waals surface area contributed by atoms with Crippen molar-refractivity contribution in [3.8, 4) is 11.4 Å². The molecule has 2 aliphatic heterocycles. The van der Waals surface area contributed by atoms with Gasteiger partial charge in [-0.05, 0) is 79.7 Å². The van der Waals surface area contributed by atoms with Gasteiger partial charge in [0.25, 0.3) is 11.1 Å². The molecular weight excluding hydrogens is 516 g/mol. The third-order valence-corrected chi connectivity index (χ3v) is 7.70. The van der Waals surface area contributed by atoms with Gasteiger partial charge in [0.15, 0.2) is 0 Å². The quantitative estimate of drug-likeness (QED) is 0.433. The number of nitrogens with one attached hydrogen (secondary N) is 1. The molecule has 2 fully saturated rings. The summed E-state index contributed by atoms with van der Waals surface area (Å²) in [6.45, 7) is 6.28. The van der Waals surface area contributed by atoms with Gasteiger partial charge in [-0.3, -0.25) is 19.3 Å². The normalized spacial score (nSPS) is 16.7. The fourth-order valence-corrected chi connectivity index (χ4v) is 5.66. The maximum atomic E-state index is 13.2. The van der Waals surface area contributed by atoms with Crippen molar-refractivity contribution in [1.82, 2.24) is 9.47 Å². The molecule has 2 aliphatic rings. The molecule has 9 nitrogen and oxygen atoms in total. The van der Waals surface area contributed by atoms with Crippen molar-refractivity contribution in [2.75, 3.05) is 50.2 Å². The Kier molecular flexibility index (Phi) is 7.76. The molecule has 0 bridgehead atoms. The number of para-hydroxylation sites is 2. The van der Waals surface area contributed by atoms with Gasteiger partial charge in [0.05, 0.1) is 36.6 Å². The number of carbonyl (C=O) groups is 3. The topological polar surface area (TPSA) is 93.1 Å². The van der Waals surface area contributed by atoms with E-state index in [1.54, 1.807) is 13.2 Å². The monoisotopic (exact) mass is 546 g/mol. The molecule has 2 saturated heterocycles. The standard InChI is InChI=1S/C29H30N4O5S/c1-19-16-21(20(2)33(19)22-8-10-23(37-3)11-9-22)17-26-28(35)32(29(36)39-26)18-27(34)30-24-6-4-5-7-25(24)31-12-14-38-15-13-31/h4-11,16-17H,12-15,18H2,1-3H3,(H,30,34)/b26-17-. The van der Waals surface area contributed by atoms with Gasteiger partial charge in [0.1, 0.15) is 12.3 Å². The number of aromatic nitrogens is 1. The van der Waals surface area contributed by atoms with E-state index in [9.17, 15) is 14.4 Å². The minimum atomic E-state index is -0.476. The number of carbonyl (C=O) groups excluding carboxylic acids is 3. The summed E-state index contributed by atoms with van der Waals surface area (Å²) in [5.74, 6) is -0.142. The molecule has 0 spiro atoms. The van der Waals surface area contributed by atoms with E-state index in [2.05, 4.69) is 14.8 Å². The molecule has 39 heavy (non-hydrogen) atoms. The van der Waals surface area contributed by atoms with Gasteiger partial charge in [-0.2, -0.15) is 0 Å². The largest absolute Gasteiger partial charge is 0.497 e. The van der Waals surface area contributed by atoms with Gasteiger partial charge in [0, 0.05) is 30.2 Å². The first-order chi connectivity index (χ1) is 18.9. The van der Waals surface area contributed by atoms with Crippen molar-refractivity contribution in [3.05, 3.63) is 76.5 Å². The van der Waals surface area contributed by atoms with Crippen LogP contribution in [0.25, 0.3) is 11.8 Å². The minimum Gasteiger partial charge on any atom is -0.497 e. The van der Waals surface area contributed by atoms with Crippen molar-refractivity contribution in [3.63, 3.8) is 0 Å². The van der Waals surface area contributed by atoms with Crippen LogP contribution in [0.2, 0.25) is 0 Å². The molecule has 0 atom stereocenters. The second-order valence-electron chi connectivity index (χ2n) is 9.29. The number of rotatable bonds is 7. The zero-order valence-electron chi connectivity index (χ0n) is 22.1. The number of amides is 3. The van der Waals surface area contributed by atoms with Crippen molar-refractivity contribution < 1.29 is 23.9 Å². The van der Waals surface area contributed by atoms with Crippen molar-refractivity contribution in [1.29, 1.82) is 0 Å². The van der Waals surface area contributed by atoms with Gasteiger partial charge in [0.2, 0.25) is 5.91 Å². The number of hydrogen-bond donors (Lipinski definition) is 1. The third-order valence-electron chi connectivity index (χ3n) is 6.79.